The molecule has 1 aromatic carbocycles. The molecule has 0 unspecified atom stereocenters. The number of aromatic nitrogens is 2. The van der Waals surface area contributed by atoms with E-state index in [0.717, 1.165) is 5.69 Å². The van der Waals surface area contributed by atoms with Crippen molar-refractivity contribution < 1.29 is 9.59 Å². The second-order valence-electron chi connectivity index (χ2n) is 4.15. The van der Waals surface area contributed by atoms with E-state index in [9.17, 15) is 9.59 Å². The largest absolute Gasteiger partial charge is 0.343 e. The second kappa shape index (κ2) is 6.33. The van der Waals surface area contributed by atoms with Crippen LogP contribution in [0.4, 0.5) is 5.82 Å². The molecule has 0 spiro atoms. The number of aromatic amines is 1. The molecule has 7 heteroatoms. The number of hydrogen-bond acceptors (Lipinski definition) is 3. The van der Waals surface area contributed by atoms with Crippen molar-refractivity contribution in [1.82, 2.24) is 15.5 Å². The van der Waals surface area contributed by atoms with Crippen molar-refractivity contribution >= 4 is 33.6 Å². The Morgan fingerprint density at radius 1 is 1.35 bits per heavy atom. The van der Waals surface area contributed by atoms with Gasteiger partial charge in [0.05, 0.1) is 12.1 Å². The number of nitrogens with one attached hydrogen (secondary N) is 3. The van der Waals surface area contributed by atoms with E-state index in [0.29, 0.717) is 15.9 Å². The Balaban J connectivity index is 1.87. The van der Waals surface area contributed by atoms with Crippen LogP contribution in [0.2, 0.25) is 0 Å². The monoisotopic (exact) mass is 336 g/mol. The van der Waals surface area contributed by atoms with Gasteiger partial charge in [0, 0.05) is 16.2 Å². The summed E-state index contributed by atoms with van der Waals surface area (Å²) in [6, 6.07) is 8.71. The lowest BCUT2D eigenvalue weighted by molar-refractivity contribution is -0.115. The summed E-state index contributed by atoms with van der Waals surface area (Å²) in [4.78, 5) is 23.5. The Labute approximate surface area is 124 Å². The van der Waals surface area contributed by atoms with E-state index in [1.165, 1.54) is 0 Å². The highest BCUT2D eigenvalue weighted by atomic mass is 79.9. The van der Waals surface area contributed by atoms with E-state index in [4.69, 9.17) is 0 Å². The van der Waals surface area contributed by atoms with Gasteiger partial charge in [-0.1, -0.05) is 12.1 Å². The minimum Gasteiger partial charge on any atom is -0.343 e. The normalized spacial score (nSPS) is 10.1. The summed E-state index contributed by atoms with van der Waals surface area (Å²) in [6.45, 7) is 1.71. The van der Waals surface area contributed by atoms with Gasteiger partial charge in [0.25, 0.3) is 5.91 Å². The fourth-order valence-electron chi connectivity index (χ4n) is 1.57. The zero-order chi connectivity index (χ0) is 14.5. The third-order valence-electron chi connectivity index (χ3n) is 2.50. The third kappa shape index (κ3) is 3.67. The number of carbonyl (C=O) groups excluding carboxylic acids is 2. The molecule has 2 aromatic rings. The van der Waals surface area contributed by atoms with Gasteiger partial charge in [-0.05, 0) is 35.0 Å². The molecule has 1 heterocycles. The van der Waals surface area contributed by atoms with Crippen LogP contribution in [0.3, 0.4) is 0 Å². The van der Waals surface area contributed by atoms with E-state index in [1.54, 1.807) is 24.3 Å². The maximum atomic E-state index is 11.9. The summed E-state index contributed by atoms with van der Waals surface area (Å²) in [7, 11) is 0. The summed E-state index contributed by atoms with van der Waals surface area (Å²) in [5.41, 5.74) is 1.33. The second-order valence-corrected chi connectivity index (χ2v) is 5.00. The van der Waals surface area contributed by atoms with Gasteiger partial charge < -0.3 is 10.6 Å². The van der Waals surface area contributed by atoms with Crippen LogP contribution in [-0.2, 0) is 4.79 Å². The van der Waals surface area contributed by atoms with Gasteiger partial charge >= 0.3 is 0 Å². The smallest absolute Gasteiger partial charge is 0.252 e. The molecule has 0 aliphatic heterocycles. The fraction of sp³-hybridized carbons (Fsp3) is 0.154. The molecule has 0 saturated heterocycles. The minimum atomic E-state index is -0.336. The molecule has 2 amide bonds. The van der Waals surface area contributed by atoms with Gasteiger partial charge in [-0.3, -0.25) is 14.7 Å². The number of H-pyrrole nitrogens is 1. The standard InChI is InChI=1S/C13H13BrN4O2/c1-8-6-11(18-17-8)16-12(19)7-15-13(20)9-4-2-3-5-10(9)14/h2-6H,7H2,1H3,(H,15,20)(H2,16,17,18,19). The van der Waals surface area contributed by atoms with E-state index < -0.39 is 0 Å². The lowest BCUT2D eigenvalue weighted by Gasteiger charge is -2.06. The molecule has 0 fully saturated rings. The van der Waals surface area contributed by atoms with Crippen LogP contribution in [0.25, 0.3) is 0 Å². The fourth-order valence-corrected chi connectivity index (χ4v) is 2.04. The summed E-state index contributed by atoms with van der Waals surface area (Å²) in [5.74, 6) is -0.217. The highest BCUT2D eigenvalue weighted by molar-refractivity contribution is 9.10. The maximum Gasteiger partial charge on any atom is 0.252 e. The van der Waals surface area contributed by atoms with E-state index in [1.807, 2.05) is 13.0 Å². The van der Waals surface area contributed by atoms with Gasteiger partial charge in [-0.25, -0.2) is 0 Å². The highest BCUT2D eigenvalue weighted by Gasteiger charge is 2.11. The first-order valence-electron chi connectivity index (χ1n) is 5.91. The zero-order valence-electron chi connectivity index (χ0n) is 10.7. The van der Waals surface area contributed by atoms with E-state index >= 15 is 0 Å². The molecule has 104 valence electrons. The van der Waals surface area contributed by atoms with Crippen molar-refractivity contribution in [3.63, 3.8) is 0 Å². The van der Waals surface area contributed by atoms with Crippen molar-refractivity contribution in [3.8, 4) is 0 Å². The van der Waals surface area contributed by atoms with Gasteiger partial charge in [0.2, 0.25) is 5.91 Å². The third-order valence-corrected chi connectivity index (χ3v) is 3.19. The van der Waals surface area contributed by atoms with Crippen LogP contribution >= 0.6 is 15.9 Å². The summed E-state index contributed by atoms with van der Waals surface area (Å²) >= 11 is 3.28. The molecular weight excluding hydrogens is 324 g/mol. The van der Waals surface area contributed by atoms with Crippen molar-refractivity contribution in [2.45, 2.75) is 6.92 Å². The first-order valence-corrected chi connectivity index (χ1v) is 6.70. The topological polar surface area (TPSA) is 86.9 Å². The number of amides is 2. The van der Waals surface area contributed by atoms with Crippen molar-refractivity contribution in [2.24, 2.45) is 0 Å². The highest BCUT2D eigenvalue weighted by Crippen LogP contribution is 2.15. The first-order chi connectivity index (χ1) is 9.56. The number of aryl methyl sites for hydroxylation is 1. The van der Waals surface area contributed by atoms with Gasteiger partial charge in [-0.2, -0.15) is 5.10 Å². The average molecular weight is 337 g/mol. The van der Waals surface area contributed by atoms with Crippen LogP contribution in [0.1, 0.15) is 16.1 Å². The number of benzene rings is 1. The average Bonchev–Trinajstić information content (AvgIpc) is 2.82. The predicted molar refractivity (Wildman–Crippen MR) is 78.4 cm³/mol. The van der Waals surface area contributed by atoms with Crippen LogP contribution in [0, 0.1) is 6.92 Å². The SMILES string of the molecule is Cc1cc(NC(=O)CNC(=O)c2ccccc2Br)n[nH]1. The quantitative estimate of drug-likeness (QED) is 0.796. The molecule has 0 radical (unpaired) electrons. The minimum absolute atomic E-state index is 0.119. The zero-order valence-corrected chi connectivity index (χ0v) is 12.3. The number of nitrogens with zero attached hydrogens (tertiary/aromatic N) is 1. The van der Waals surface area contributed by atoms with Crippen LogP contribution in [0.5, 0.6) is 0 Å². The Morgan fingerprint density at radius 2 is 2.10 bits per heavy atom. The Morgan fingerprint density at radius 3 is 2.75 bits per heavy atom. The van der Waals surface area contributed by atoms with Crippen molar-refractivity contribution in [2.75, 3.05) is 11.9 Å². The van der Waals surface area contributed by atoms with Crippen LogP contribution < -0.4 is 10.6 Å². The Hall–Kier alpha value is -2.15. The summed E-state index contributed by atoms with van der Waals surface area (Å²) in [5, 5.41) is 11.7. The number of halogens is 1. The van der Waals surface area contributed by atoms with Crippen LogP contribution in [0.15, 0.2) is 34.8 Å². The summed E-state index contributed by atoms with van der Waals surface area (Å²) in [6.07, 6.45) is 0. The molecule has 0 atom stereocenters. The van der Waals surface area contributed by atoms with E-state index in [2.05, 4.69) is 36.8 Å². The molecule has 0 aliphatic rings. The molecular formula is C13H13BrN4O2. The first kappa shape index (κ1) is 14.3. The molecule has 20 heavy (non-hydrogen) atoms. The van der Waals surface area contributed by atoms with Gasteiger partial charge in [-0.15, -0.1) is 0 Å². The molecule has 0 bridgehead atoms. The molecule has 3 N–H and O–H groups in total. The number of carbonyl (C=O) groups is 2. The lowest BCUT2D eigenvalue weighted by Crippen LogP contribution is -2.33. The van der Waals surface area contributed by atoms with Crippen LogP contribution in [-0.4, -0.2) is 28.6 Å². The number of rotatable bonds is 4. The molecule has 1 aromatic heterocycles. The predicted octanol–water partition coefficient (Wildman–Crippen LogP) is 1.85. The Kier molecular flexibility index (Phi) is 4.52. The van der Waals surface area contributed by atoms with Crippen molar-refractivity contribution in [1.29, 1.82) is 0 Å². The van der Waals surface area contributed by atoms with Gasteiger partial charge in [0.1, 0.15) is 0 Å². The van der Waals surface area contributed by atoms with Crippen molar-refractivity contribution in [3.05, 3.63) is 46.1 Å². The molecule has 2 rings (SSSR count). The number of hydrogen-bond donors (Lipinski definition) is 3. The Bertz CT molecular complexity index is 639. The van der Waals surface area contributed by atoms with E-state index in [-0.39, 0.29) is 18.4 Å². The summed E-state index contributed by atoms with van der Waals surface area (Å²) < 4.78 is 0.681. The molecule has 6 nitrogen and oxygen atoms in total. The number of anilines is 1. The maximum absolute atomic E-state index is 11.9. The molecule has 0 aliphatic carbocycles. The van der Waals surface area contributed by atoms with Gasteiger partial charge in [0.15, 0.2) is 5.82 Å². The molecule has 0 saturated carbocycles. The lowest BCUT2D eigenvalue weighted by atomic mass is 10.2.